The average Bonchev–Trinajstić information content (AvgIpc) is 2.71. The van der Waals surface area contributed by atoms with E-state index >= 15 is 0 Å². The van der Waals surface area contributed by atoms with Crippen molar-refractivity contribution in [2.75, 3.05) is 0 Å². The van der Waals surface area contributed by atoms with Gasteiger partial charge in [-0.15, -0.1) is 0 Å². The first-order valence-electron chi connectivity index (χ1n) is 10.7. The maximum atomic E-state index is 12.2. The summed E-state index contributed by atoms with van der Waals surface area (Å²) in [5.41, 5.74) is 1.86. The zero-order valence-electron chi connectivity index (χ0n) is 17.4. The van der Waals surface area contributed by atoms with Gasteiger partial charge in [0.2, 0.25) is 5.43 Å². The van der Waals surface area contributed by atoms with Gasteiger partial charge in [-0.05, 0) is 25.3 Å². The van der Waals surface area contributed by atoms with Crippen LogP contribution in [0.1, 0.15) is 69.0 Å². The Morgan fingerprint density at radius 2 is 1.55 bits per heavy atom. The lowest BCUT2D eigenvalue weighted by Crippen LogP contribution is -2.15. The minimum absolute atomic E-state index is 0.0717. The summed E-state index contributed by atoms with van der Waals surface area (Å²) in [4.78, 5) is 22.7. The normalized spacial score (nSPS) is 10.8. The first kappa shape index (κ1) is 22.7. The first-order valence-corrected chi connectivity index (χ1v) is 10.7. The van der Waals surface area contributed by atoms with Crippen molar-refractivity contribution in [1.82, 2.24) is 4.57 Å². The highest BCUT2D eigenvalue weighted by atomic mass is 16.5. The molecular weight excluding hydrogens is 366 g/mol. The van der Waals surface area contributed by atoms with Crippen LogP contribution >= 0.6 is 0 Å². The van der Waals surface area contributed by atoms with E-state index in [0.717, 1.165) is 49.9 Å². The fourth-order valence-corrected chi connectivity index (χ4v) is 3.42. The summed E-state index contributed by atoms with van der Waals surface area (Å²) in [6.07, 6.45) is 10.8. The minimum Gasteiger partial charge on any atom is -0.483 e. The molecule has 1 N–H and O–H groups in total. The molecule has 1 heterocycles. The van der Waals surface area contributed by atoms with Crippen molar-refractivity contribution >= 4 is 5.97 Å². The van der Waals surface area contributed by atoms with E-state index in [-0.39, 0.29) is 11.8 Å². The van der Waals surface area contributed by atoms with Crippen LogP contribution in [0, 0.1) is 6.92 Å². The van der Waals surface area contributed by atoms with Crippen LogP contribution in [0.2, 0.25) is 0 Å². The van der Waals surface area contributed by atoms with Crippen LogP contribution in [0.4, 0.5) is 0 Å². The summed E-state index contributed by atoms with van der Waals surface area (Å²) in [6.45, 7) is 3.22. The summed E-state index contributed by atoms with van der Waals surface area (Å²) in [7, 11) is 0. The fraction of sp³-hybridized carbons (Fsp3) is 0.500. The molecular formula is C24H33NO4. The predicted molar refractivity (Wildman–Crippen MR) is 115 cm³/mol. The van der Waals surface area contributed by atoms with Crippen molar-refractivity contribution in [2.45, 2.75) is 77.9 Å². The van der Waals surface area contributed by atoms with Gasteiger partial charge in [0, 0.05) is 25.2 Å². The number of aromatic nitrogens is 1. The lowest BCUT2D eigenvalue weighted by atomic mass is 10.1. The van der Waals surface area contributed by atoms with Gasteiger partial charge in [-0.1, -0.05) is 68.9 Å². The van der Waals surface area contributed by atoms with Gasteiger partial charge in [0.1, 0.15) is 6.61 Å². The van der Waals surface area contributed by atoms with Crippen molar-refractivity contribution in [3.63, 3.8) is 0 Å². The van der Waals surface area contributed by atoms with Crippen LogP contribution in [0.3, 0.4) is 0 Å². The van der Waals surface area contributed by atoms with Crippen molar-refractivity contribution in [2.24, 2.45) is 0 Å². The quantitative estimate of drug-likeness (QED) is 0.436. The molecule has 0 saturated heterocycles. The molecule has 5 nitrogen and oxygen atoms in total. The summed E-state index contributed by atoms with van der Waals surface area (Å²) in [6, 6.07) is 11.5. The molecule has 0 unspecified atom stereocenters. The molecule has 0 amide bonds. The summed E-state index contributed by atoms with van der Waals surface area (Å²) >= 11 is 0. The third kappa shape index (κ3) is 8.55. The third-order valence-electron chi connectivity index (χ3n) is 5.15. The number of ether oxygens (including phenoxy) is 1. The zero-order valence-corrected chi connectivity index (χ0v) is 17.4. The molecule has 2 aromatic rings. The number of benzene rings is 1. The highest BCUT2D eigenvalue weighted by molar-refractivity contribution is 5.66. The van der Waals surface area contributed by atoms with Gasteiger partial charge in [0.05, 0.1) is 5.69 Å². The number of carbonyl (C=O) groups is 1. The lowest BCUT2D eigenvalue weighted by molar-refractivity contribution is -0.137. The van der Waals surface area contributed by atoms with Crippen LogP contribution in [0.15, 0.2) is 47.4 Å². The molecule has 2 rings (SSSR count). The Labute approximate surface area is 173 Å². The molecule has 0 fully saturated rings. The number of hydrogen-bond acceptors (Lipinski definition) is 3. The van der Waals surface area contributed by atoms with Crippen LogP contribution in [0.25, 0.3) is 0 Å². The molecule has 0 atom stereocenters. The molecule has 5 heteroatoms. The number of pyridine rings is 1. The number of hydrogen-bond donors (Lipinski definition) is 1. The van der Waals surface area contributed by atoms with E-state index in [1.54, 1.807) is 6.07 Å². The van der Waals surface area contributed by atoms with Gasteiger partial charge in [-0.3, -0.25) is 9.59 Å². The molecule has 29 heavy (non-hydrogen) atoms. The van der Waals surface area contributed by atoms with Crippen LogP contribution in [-0.2, 0) is 17.9 Å². The van der Waals surface area contributed by atoms with Gasteiger partial charge in [0.25, 0.3) is 0 Å². The van der Waals surface area contributed by atoms with E-state index < -0.39 is 5.97 Å². The monoisotopic (exact) mass is 399 g/mol. The van der Waals surface area contributed by atoms with Crippen molar-refractivity contribution < 1.29 is 14.6 Å². The SMILES string of the molecule is Cc1c(OCc2ccccc2)c(=O)ccn1CCCCCCCCCCC(=O)O. The minimum atomic E-state index is -0.698. The van der Waals surface area contributed by atoms with E-state index in [1.165, 1.54) is 19.3 Å². The van der Waals surface area contributed by atoms with E-state index in [0.29, 0.717) is 12.4 Å². The Morgan fingerprint density at radius 1 is 0.931 bits per heavy atom. The predicted octanol–water partition coefficient (Wildman–Crippen LogP) is 5.33. The molecule has 0 aliphatic heterocycles. The van der Waals surface area contributed by atoms with Gasteiger partial charge >= 0.3 is 5.97 Å². The molecule has 0 spiro atoms. The maximum Gasteiger partial charge on any atom is 0.303 e. The van der Waals surface area contributed by atoms with Gasteiger partial charge in [-0.25, -0.2) is 0 Å². The Balaban J connectivity index is 1.69. The summed E-state index contributed by atoms with van der Waals surface area (Å²) in [5, 5.41) is 8.61. The third-order valence-corrected chi connectivity index (χ3v) is 5.15. The summed E-state index contributed by atoms with van der Waals surface area (Å²) < 4.78 is 7.94. The number of aryl methyl sites for hydroxylation is 1. The Morgan fingerprint density at radius 3 is 2.21 bits per heavy atom. The summed E-state index contributed by atoms with van der Waals surface area (Å²) in [5.74, 6) is -0.255. The van der Waals surface area contributed by atoms with Crippen molar-refractivity contribution in [3.8, 4) is 5.75 Å². The van der Waals surface area contributed by atoms with Crippen molar-refractivity contribution in [1.29, 1.82) is 0 Å². The van der Waals surface area contributed by atoms with Crippen LogP contribution in [-0.4, -0.2) is 15.6 Å². The molecule has 0 radical (unpaired) electrons. The fourth-order valence-electron chi connectivity index (χ4n) is 3.42. The maximum absolute atomic E-state index is 12.2. The Kier molecular flexibility index (Phi) is 10.0. The van der Waals surface area contributed by atoms with Gasteiger partial charge in [-0.2, -0.15) is 0 Å². The highest BCUT2D eigenvalue weighted by Crippen LogP contribution is 2.16. The van der Waals surface area contributed by atoms with Crippen molar-refractivity contribution in [3.05, 3.63) is 64.1 Å². The molecule has 1 aromatic carbocycles. The Hall–Kier alpha value is -2.56. The van der Waals surface area contributed by atoms with Crippen LogP contribution in [0.5, 0.6) is 5.75 Å². The van der Waals surface area contributed by atoms with E-state index in [2.05, 4.69) is 4.57 Å². The second-order valence-electron chi connectivity index (χ2n) is 7.53. The molecule has 1 aromatic heterocycles. The van der Waals surface area contributed by atoms with Gasteiger partial charge in [0.15, 0.2) is 5.75 Å². The second-order valence-corrected chi connectivity index (χ2v) is 7.53. The molecule has 0 aliphatic rings. The lowest BCUT2D eigenvalue weighted by Gasteiger charge is -2.15. The smallest absolute Gasteiger partial charge is 0.303 e. The number of aliphatic carboxylic acids is 1. The van der Waals surface area contributed by atoms with E-state index in [1.807, 2.05) is 43.5 Å². The topological polar surface area (TPSA) is 68.5 Å². The zero-order chi connectivity index (χ0) is 20.9. The second kappa shape index (κ2) is 12.8. The number of carboxylic acid groups (broad SMARTS) is 1. The highest BCUT2D eigenvalue weighted by Gasteiger charge is 2.09. The standard InChI is InChI=1S/C24H33NO4/c1-20-24(29-19-21-13-9-8-10-14-21)22(26)16-18-25(20)17-12-7-5-3-2-4-6-11-15-23(27)28/h8-10,13-14,16,18H,2-7,11-12,15,17,19H2,1H3,(H,27,28). The van der Waals surface area contributed by atoms with Crippen LogP contribution < -0.4 is 10.2 Å². The van der Waals surface area contributed by atoms with E-state index in [4.69, 9.17) is 9.84 Å². The number of carboxylic acids is 1. The number of unbranched alkanes of at least 4 members (excludes halogenated alkanes) is 7. The molecule has 0 saturated carbocycles. The molecule has 0 bridgehead atoms. The number of rotatable bonds is 14. The average molecular weight is 400 g/mol. The van der Waals surface area contributed by atoms with E-state index in [9.17, 15) is 9.59 Å². The first-order chi connectivity index (χ1) is 14.1. The van der Waals surface area contributed by atoms with Gasteiger partial charge < -0.3 is 14.4 Å². The number of nitrogens with zero attached hydrogens (tertiary/aromatic N) is 1. The largest absolute Gasteiger partial charge is 0.483 e. The molecule has 158 valence electrons. The Bertz CT molecular complexity index is 798. The molecule has 0 aliphatic carbocycles.